The van der Waals surface area contributed by atoms with Gasteiger partial charge in [0.15, 0.2) is 0 Å². The molecule has 24 heavy (non-hydrogen) atoms. The van der Waals surface area contributed by atoms with E-state index >= 15 is 0 Å². The Balaban J connectivity index is 2.76. The highest BCUT2D eigenvalue weighted by Gasteiger charge is 2.24. The van der Waals surface area contributed by atoms with Crippen LogP contribution in [0.2, 0.25) is 5.02 Å². The summed E-state index contributed by atoms with van der Waals surface area (Å²) >= 11 is 6.00. The van der Waals surface area contributed by atoms with Gasteiger partial charge in [-0.15, -0.1) is 0 Å². The van der Waals surface area contributed by atoms with Crippen molar-refractivity contribution in [3.63, 3.8) is 0 Å². The van der Waals surface area contributed by atoms with E-state index in [9.17, 15) is 13.2 Å². The molecule has 0 aliphatic rings. The molecular formula is C16H25ClN2O4S. The fourth-order valence-corrected chi connectivity index (χ4v) is 3.48. The normalized spacial score (nSPS) is 13.7. The van der Waals surface area contributed by atoms with Crippen molar-refractivity contribution in [2.75, 3.05) is 13.6 Å². The number of sulfonamides is 1. The van der Waals surface area contributed by atoms with Crippen LogP contribution in [0.4, 0.5) is 4.79 Å². The van der Waals surface area contributed by atoms with Crippen molar-refractivity contribution in [1.82, 2.24) is 9.62 Å². The summed E-state index contributed by atoms with van der Waals surface area (Å²) in [5.74, 6) is 0. The Kier molecular flexibility index (Phi) is 6.67. The maximum Gasteiger partial charge on any atom is 0.407 e. The minimum atomic E-state index is -3.69. The number of alkyl carbamates (subject to hydrolysis) is 1. The van der Waals surface area contributed by atoms with Gasteiger partial charge in [0.25, 0.3) is 0 Å². The molecule has 0 saturated heterocycles. The maximum absolute atomic E-state index is 12.6. The maximum atomic E-state index is 12.6. The van der Waals surface area contributed by atoms with Gasteiger partial charge in [0, 0.05) is 24.7 Å². The molecule has 0 aliphatic heterocycles. The molecule has 0 aliphatic carbocycles. The van der Waals surface area contributed by atoms with Gasteiger partial charge in [0.1, 0.15) is 5.60 Å². The van der Waals surface area contributed by atoms with Crippen LogP contribution in [0.5, 0.6) is 0 Å². The number of likely N-dealkylation sites (N-methyl/N-ethyl adjacent to an activating group) is 1. The van der Waals surface area contributed by atoms with Crippen LogP contribution in [-0.4, -0.2) is 44.1 Å². The highest BCUT2D eigenvalue weighted by molar-refractivity contribution is 7.89. The van der Waals surface area contributed by atoms with Gasteiger partial charge in [-0.2, -0.15) is 4.31 Å². The summed E-state index contributed by atoms with van der Waals surface area (Å²) in [5.41, 5.74) is 0.193. The third-order valence-corrected chi connectivity index (χ3v) is 5.37. The second-order valence-electron chi connectivity index (χ2n) is 6.74. The van der Waals surface area contributed by atoms with Crippen molar-refractivity contribution < 1.29 is 17.9 Å². The summed E-state index contributed by atoms with van der Waals surface area (Å²) in [5, 5.41) is 3.01. The summed E-state index contributed by atoms with van der Waals surface area (Å²) in [7, 11) is -2.23. The highest BCUT2D eigenvalue weighted by Crippen LogP contribution is 2.22. The molecule has 1 aromatic carbocycles. The van der Waals surface area contributed by atoms with E-state index in [1.807, 2.05) is 0 Å². The SMILES string of the molecule is Cc1ccc(S(=O)(=O)N(C)C[C@@H](C)NC(=O)OC(C)(C)C)cc1Cl. The fraction of sp³-hybridized carbons (Fsp3) is 0.562. The molecule has 8 heteroatoms. The van der Waals surface area contributed by atoms with E-state index in [-0.39, 0.29) is 11.4 Å². The van der Waals surface area contributed by atoms with Crippen LogP contribution in [0.15, 0.2) is 23.1 Å². The number of carbonyl (C=O) groups excluding carboxylic acids is 1. The lowest BCUT2D eigenvalue weighted by molar-refractivity contribution is 0.0504. The Morgan fingerprint density at radius 2 is 1.96 bits per heavy atom. The molecule has 136 valence electrons. The largest absolute Gasteiger partial charge is 0.444 e. The molecule has 1 atom stereocenters. The second-order valence-corrected chi connectivity index (χ2v) is 9.20. The Bertz CT molecular complexity index is 699. The molecule has 1 rings (SSSR count). The van der Waals surface area contributed by atoms with Gasteiger partial charge in [-0.1, -0.05) is 17.7 Å². The first-order valence-corrected chi connectivity index (χ1v) is 9.37. The summed E-state index contributed by atoms with van der Waals surface area (Å²) in [6.45, 7) is 8.89. The number of amides is 1. The molecule has 0 unspecified atom stereocenters. The first-order valence-electron chi connectivity index (χ1n) is 7.55. The third-order valence-electron chi connectivity index (χ3n) is 3.15. The number of benzene rings is 1. The number of halogens is 1. The summed E-state index contributed by atoms with van der Waals surface area (Å²) in [6.07, 6.45) is -0.584. The van der Waals surface area contributed by atoms with Gasteiger partial charge >= 0.3 is 6.09 Å². The highest BCUT2D eigenvalue weighted by atomic mass is 35.5. The van der Waals surface area contributed by atoms with E-state index in [4.69, 9.17) is 16.3 Å². The van der Waals surface area contributed by atoms with Crippen LogP contribution < -0.4 is 5.32 Å². The topological polar surface area (TPSA) is 75.7 Å². The van der Waals surface area contributed by atoms with Gasteiger partial charge in [-0.25, -0.2) is 13.2 Å². The average molecular weight is 377 g/mol. The van der Waals surface area contributed by atoms with Gasteiger partial charge in [0.2, 0.25) is 10.0 Å². The zero-order valence-corrected chi connectivity index (χ0v) is 16.5. The monoisotopic (exact) mass is 376 g/mol. The van der Waals surface area contributed by atoms with Crippen LogP contribution in [0, 0.1) is 6.92 Å². The molecular weight excluding hydrogens is 352 g/mol. The molecule has 1 aromatic rings. The zero-order valence-electron chi connectivity index (χ0n) is 14.9. The quantitative estimate of drug-likeness (QED) is 0.856. The van der Waals surface area contributed by atoms with Crippen LogP contribution in [0.3, 0.4) is 0 Å². The van der Waals surface area contributed by atoms with Crippen LogP contribution in [0.25, 0.3) is 0 Å². The number of nitrogens with zero attached hydrogens (tertiary/aromatic N) is 1. The molecule has 0 heterocycles. The van der Waals surface area contributed by atoms with Gasteiger partial charge in [-0.05, 0) is 52.3 Å². The van der Waals surface area contributed by atoms with Crippen molar-refractivity contribution in [3.8, 4) is 0 Å². The molecule has 0 aromatic heterocycles. The lowest BCUT2D eigenvalue weighted by atomic mass is 10.2. The molecule has 0 radical (unpaired) electrons. The second kappa shape index (κ2) is 7.72. The number of rotatable bonds is 5. The average Bonchev–Trinajstić information content (AvgIpc) is 2.38. The number of hydrogen-bond acceptors (Lipinski definition) is 4. The Hall–Kier alpha value is -1.31. The molecule has 1 N–H and O–H groups in total. The molecule has 0 fully saturated rings. The van der Waals surface area contributed by atoms with Crippen molar-refractivity contribution >= 4 is 27.7 Å². The van der Waals surface area contributed by atoms with Gasteiger partial charge < -0.3 is 10.1 Å². The number of carbonyl (C=O) groups is 1. The number of aryl methyl sites for hydroxylation is 1. The van der Waals surface area contributed by atoms with E-state index in [0.717, 1.165) is 5.56 Å². The van der Waals surface area contributed by atoms with Crippen molar-refractivity contribution in [3.05, 3.63) is 28.8 Å². The minimum Gasteiger partial charge on any atom is -0.444 e. The van der Waals surface area contributed by atoms with E-state index in [1.165, 1.54) is 23.5 Å². The summed E-state index contributed by atoms with van der Waals surface area (Å²) < 4.78 is 31.5. The molecule has 0 bridgehead atoms. The lowest BCUT2D eigenvalue weighted by Gasteiger charge is -2.24. The third kappa shape index (κ3) is 5.96. The zero-order chi connectivity index (χ0) is 18.7. The standard InChI is InChI=1S/C16H25ClN2O4S/c1-11-7-8-13(9-14(11)17)24(21,22)19(6)10-12(2)18-15(20)23-16(3,4)5/h7-9,12H,10H2,1-6H3,(H,18,20)/t12-/m1/s1. The lowest BCUT2D eigenvalue weighted by Crippen LogP contribution is -2.44. The van der Waals surface area contributed by atoms with Gasteiger partial charge in [0.05, 0.1) is 4.90 Å². The first kappa shape index (κ1) is 20.7. The van der Waals surface area contributed by atoms with Crippen molar-refractivity contribution in [2.24, 2.45) is 0 Å². The predicted octanol–water partition coefficient (Wildman–Crippen LogP) is 3.18. The summed E-state index contributed by atoms with van der Waals surface area (Å²) in [6, 6.07) is 4.18. The number of hydrogen-bond donors (Lipinski definition) is 1. The molecule has 0 saturated carbocycles. The van der Waals surface area contributed by atoms with Crippen molar-refractivity contribution in [1.29, 1.82) is 0 Å². The van der Waals surface area contributed by atoms with Gasteiger partial charge in [-0.3, -0.25) is 0 Å². The molecule has 1 amide bonds. The van der Waals surface area contributed by atoms with Crippen molar-refractivity contribution in [2.45, 2.75) is 51.2 Å². The Morgan fingerprint density at radius 1 is 1.38 bits per heavy atom. The van der Waals surface area contributed by atoms with E-state index in [2.05, 4.69) is 5.32 Å². The van der Waals surface area contributed by atoms with Crippen LogP contribution >= 0.6 is 11.6 Å². The molecule has 0 spiro atoms. The van der Waals surface area contributed by atoms with E-state index < -0.39 is 27.8 Å². The van der Waals surface area contributed by atoms with Crippen LogP contribution in [0.1, 0.15) is 33.3 Å². The predicted molar refractivity (Wildman–Crippen MR) is 94.8 cm³/mol. The smallest absolute Gasteiger partial charge is 0.407 e. The van der Waals surface area contributed by atoms with E-state index in [1.54, 1.807) is 40.7 Å². The van der Waals surface area contributed by atoms with Crippen LogP contribution in [-0.2, 0) is 14.8 Å². The number of nitrogens with one attached hydrogen (secondary N) is 1. The Labute approximate surface area is 149 Å². The summed E-state index contributed by atoms with van der Waals surface area (Å²) in [4.78, 5) is 11.8. The Morgan fingerprint density at radius 3 is 2.46 bits per heavy atom. The fourth-order valence-electron chi connectivity index (χ4n) is 1.95. The van der Waals surface area contributed by atoms with E-state index in [0.29, 0.717) is 5.02 Å². The first-order chi connectivity index (χ1) is 10.8. The minimum absolute atomic E-state index is 0.104. The molecule has 6 nitrogen and oxygen atoms in total. The number of ether oxygens (including phenoxy) is 1.